The summed E-state index contributed by atoms with van der Waals surface area (Å²) in [6.45, 7) is 0. The predicted octanol–water partition coefficient (Wildman–Crippen LogP) is 14.9. The number of rotatable bonds is 5. The molecule has 0 atom stereocenters. The fourth-order valence-electron chi connectivity index (χ4n) is 9.02. The Morgan fingerprint density at radius 3 is 1.68 bits per heavy atom. The average Bonchev–Trinajstić information content (AvgIpc) is 3.92. The molecule has 0 bridgehead atoms. The van der Waals surface area contributed by atoms with Gasteiger partial charge in [-0.1, -0.05) is 103 Å². The molecule has 4 heteroatoms. The Labute approximate surface area is 327 Å². The van der Waals surface area contributed by atoms with Crippen molar-refractivity contribution in [2.45, 2.75) is 0 Å². The number of aromatic nitrogens is 2. The van der Waals surface area contributed by atoms with Gasteiger partial charge in [0.25, 0.3) is 0 Å². The first-order valence-electron chi connectivity index (χ1n) is 19.1. The summed E-state index contributed by atoms with van der Waals surface area (Å²) in [5, 5.41) is 10.1. The van der Waals surface area contributed by atoms with Crippen LogP contribution < -0.4 is 4.90 Å². The van der Waals surface area contributed by atoms with Crippen molar-refractivity contribution >= 4 is 103 Å². The van der Waals surface area contributed by atoms with Crippen molar-refractivity contribution in [1.29, 1.82) is 0 Å². The summed E-state index contributed by atoms with van der Waals surface area (Å²) in [5.41, 5.74) is 10.4. The average molecular weight is 732 g/mol. The van der Waals surface area contributed by atoms with Crippen LogP contribution in [0, 0.1) is 0 Å². The van der Waals surface area contributed by atoms with Crippen molar-refractivity contribution in [3.05, 3.63) is 200 Å². The van der Waals surface area contributed by atoms with Crippen molar-refractivity contribution < 1.29 is 0 Å². The highest BCUT2D eigenvalue weighted by Gasteiger charge is 2.20. The number of anilines is 3. The number of para-hydroxylation sites is 3. The molecule has 9 aromatic carbocycles. The topological polar surface area (TPSA) is 13.1 Å². The second-order valence-electron chi connectivity index (χ2n) is 14.6. The van der Waals surface area contributed by atoms with E-state index in [1.165, 1.54) is 74.6 Å². The first-order chi connectivity index (χ1) is 27.8. The Bertz CT molecular complexity index is 3480. The molecule has 0 fully saturated rings. The van der Waals surface area contributed by atoms with Crippen LogP contribution in [0.25, 0.3) is 85.9 Å². The number of hydrogen-bond donors (Lipinski definition) is 0. The highest BCUT2D eigenvalue weighted by Crippen LogP contribution is 2.44. The Kier molecular flexibility index (Phi) is 6.80. The van der Waals surface area contributed by atoms with Crippen LogP contribution in [0.4, 0.5) is 17.1 Å². The van der Waals surface area contributed by atoms with Gasteiger partial charge in [-0.15, -0.1) is 11.3 Å². The third-order valence-corrected chi connectivity index (χ3v) is 12.6. The number of benzene rings is 9. The molecule has 0 saturated heterocycles. The molecule has 0 aliphatic heterocycles. The van der Waals surface area contributed by atoms with Gasteiger partial charge < -0.3 is 14.0 Å². The van der Waals surface area contributed by atoms with E-state index in [1.54, 1.807) is 0 Å². The molecule has 0 N–H and O–H groups in total. The minimum absolute atomic E-state index is 1.10. The highest BCUT2D eigenvalue weighted by atomic mass is 32.1. The summed E-state index contributed by atoms with van der Waals surface area (Å²) in [4.78, 5) is 2.42. The van der Waals surface area contributed by atoms with Crippen LogP contribution >= 0.6 is 11.3 Å². The van der Waals surface area contributed by atoms with Crippen LogP contribution in [0.15, 0.2) is 200 Å². The van der Waals surface area contributed by atoms with E-state index in [4.69, 9.17) is 0 Å². The Morgan fingerprint density at radius 1 is 0.321 bits per heavy atom. The minimum atomic E-state index is 1.10. The first kappa shape index (κ1) is 31.2. The van der Waals surface area contributed by atoms with E-state index in [0.29, 0.717) is 0 Å². The lowest BCUT2D eigenvalue weighted by atomic mass is 10.0. The second kappa shape index (κ2) is 12.2. The van der Waals surface area contributed by atoms with Gasteiger partial charge in [-0.05, 0) is 108 Å². The van der Waals surface area contributed by atoms with Gasteiger partial charge in [-0.3, -0.25) is 0 Å². The molecular formula is C52H33N3S. The van der Waals surface area contributed by atoms with E-state index >= 15 is 0 Å². The van der Waals surface area contributed by atoms with E-state index in [9.17, 15) is 0 Å². The van der Waals surface area contributed by atoms with Crippen LogP contribution in [0.2, 0.25) is 0 Å². The summed E-state index contributed by atoms with van der Waals surface area (Å²) in [6.07, 6.45) is 0. The van der Waals surface area contributed by atoms with Crippen molar-refractivity contribution in [2.24, 2.45) is 0 Å². The van der Waals surface area contributed by atoms with Crippen molar-refractivity contribution in [3.63, 3.8) is 0 Å². The third-order valence-electron chi connectivity index (χ3n) is 11.5. The van der Waals surface area contributed by atoms with Gasteiger partial charge in [0.05, 0.1) is 22.1 Å². The van der Waals surface area contributed by atoms with Crippen molar-refractivity contribution in [3.8, 4) is 11.4 Å². The second-order valence-corrected chi connectivity index (χ2v) is 15.6. The molecule has 3 aromatic heterocycles. The van der Waals surface area contributed by atoms with E-state index in [0.717, 1.165) is 28.4 Å². The van der Waals surface area contributed by atoms with E-state index in [-0.39, 0.29) is 0 Å². The lowest BCUT2D eigenvalue weighted by Crippen LogP contribution is -2.10. The molecular weight excluding hydrogens is 699 g/mol. The van der Waals surface area contributed by atoms with Gasteiger partial charge in [-0.2, -0.15) is 0 Å². The van der Waals surface area contributed by atoms with Crippen LogP contribution in [0.1, 0.15) is 0 Å². The van der Waals surface area contributed by atoms with Crippen molar-refractivity contribution in [2.75, 3.05) is 4.90 Å². The quantitative estimate of drug-likeness (QED) is 0.172. The minimum Gasteiger partial charge on any atom is -0.310 e. The van der Waals surface area contributed by atoms with Gasteiger partial charge in [0.2, 0.25) is 0 Å². The number of nitrogens with zero attached hydrogens (tertiary/aromatic N) is 3. The van der Waals surface area contributed by atoms with Crippen LogP contribution in [0.5, 0.6) is 0 Å². The largest absolute Gasteiger partial charge is 0.310 e. The monoisotopic (exact) mass is 731 g/mol. The van der Waals surface area contributed by atoms with Gasteiger partial charge in [-0.25, -0.2) is 0 Å². The van der Waals surface area contributed by atoms with E-state index < -0.39 is 0 Å². The predicted molar refractivity (Wildman–Crippen MR) is 240 cm³/mol. The van der Waals surface area contributed by atoms with E-state index in [2.05, 4.69) is 214 Å². The van der Waals surface area contributed by atoms with Gasteiger partial charge in [0, 0.05) is 70.2 Å². The summed E-state index contributed by atoms with van der Waals surface area (Å²) in [5.74, 6) is 0. The Hall–Kier alpha value is -7.14. The maximum Gasteiger partial charge on any atom is 0.0547 e. The third kappa shape index (κ3) is 4.63. The molecule has 0 aliphatic rings. The molecule has 0 saturated carbocycles. The number of hydrogen-bond acceptors (Lipinski definition) is 2. The normalized spacial score (nSPS) is 11.9. The summed E-state index contributed by atoms with van der Waals surface area (Å²) in [7, 11) is 0. The molecule has 0 spiro atoms. The van der Waals surface area contributed by atoms with Gasteiger partial charge in [0.1, 0.15) is 0 Å². The fourth-order valence-corrected chi connectivity index (χ4v) is 10.1. The molecule has 0 unspecified atom stereocenters. The standard InChI is InChI=1S/C52H33N3S/c1-2-13-35(14-3-1)54-46-19-9-6-16-41(46)44-32-38(27-30-48(44)54)53(39-28-31-51-45(33-39)42-17-8-11-21-50(42)56-51)36-23-25-37(26-24-36)55-47-20-10-7-18-43(47)52-40-15-5-4-12-34(40)22-29-49(52)55/h1-33H. The molecule has 0 amide bonds. The lowest BCUT2D eigenvalue weighted by molar-refractivity contribution is 1.17. The molecule has 3 nitrogen and oxygen atoms in total. The lowest BCUT2D eigenvalue weighted by Gasteiger charge is -2.26. The number of thiophene rings is 1. The van der Waals surface area contributed by atoms with E-state index in [1.807, 2.05) is 11.3 Å². The van der Waals surface area contributed by atoms with Crippen molar-refractivity contribution in [1.82, 2.24) is 9.13 Å². The zero-order valence-electron chi connectivity index (χ0n) is 30.3. The summed E-state index contributed by atoms with van der Waals surface area (Å²) >= 11 is 1.86. The molecule has 56 heavy (non-hydrogen) atoms. The Morgan fingerprint density at radius 2 is 0.857 bits per heavy atom. The molecule has 0 radical (unpaired) electrons. The molecule has 12 rings (SSSR count). The summed E-state index contributed by atoms with van der Waals surface area (Å²) in [6, 6.07) is 73.2. The smallest absolute Gasteiger partial charge is 0.0547 e. The molecule has 262 valence electrons. The van der Waals surface area contributed by atoms with Crippen LogP contribution in [-0.4, -0.2) is 9.13 Å². The zero-order chi connectivity index (χ0) is 36.7. The maximum atomic E-state index is 2.42. The summed E-state index contributed by atoms with van der Waals surface area (Å²) < 4.78 is 7.40. The van der Waals surface area contributed by atoms with Gasteiger partial charge >= 0.3 is 0 Å². The fraction of sp³-hybridized carbons (Fsp3) is 0. The zero-order valence-corrected chi connectivity index (χ0v) is 31.1. The van der Waals surface area contributed by atoms with Crippen LogP contribution in [0.3, 0.4) is 0 Å². The SMILES string of the molecule is c1ccc(-n2c3ccccc3c3cc(N(c4ccc(-n5c6ccccc6c6c7ccccc7ccc65)cc4)c4ccc5sc6ccccc6c5c4)ccc32)cc1. The first-order valence-corrected chi connectivity index (χ1v) is 19.9. The Balaban J connectivity index is 1.07. The molecule has 12 aromatic rings. The highest BCUT2D eigenvalue weighted by molar-refractivity contribution is 7.25. The number of fused-ring (bicyclic) bond motifs is 11. The molecule has 0 aliphatic carbocycles. The van der Waals surface area contributed by atoms with Gasteiger partial charge in [0.15, 0.2) is 0 Å². The molecule has 3 heterocycles. The van der Waals surface area contributed by atoms with Crippen LogP contribution in [-0.2, 0) is 0 Å². The maximum absolute atomic E-state index is 2.42.